The zero-order valence-electron chi connectivity index (χ0n) is 11.1. The third-order valence-electron chi connectivity index (χ3n) is 2.77. The largest absolute Gasteiger partial charge is 0.490 e. The highest BCUT2D eigenvalue weighted by molar-refractivity contribution is 5.85. The second-order valence-corrected chi connectivity index (χ2v) is 4.12. The molecule has 20 heavy (non-hydrogen) atoms. The Hall–Kier alpha value is -1.24. The summed E-state index contributed by atoms with van der Waals surface area (Å²) in [7, 11) is 1.33. The summed E-state index contributed by atoms with van der Waals surface area (Å²) < 4.78 is 10.1. The molecular weight excluding hydrogens is 305 g/mol. The molecule has 6 nitrogen and oxygen atoms in total. The van der Waals surface area contributed by atoms with Gasteiger partial charge < -0.3 is 20.1 Å². The number of methoxy groups -OCH3 is 1. The van der Waals surface area contributed by atoms with E-state index in [1.165, 1.54) is 7.11 Å². The van der Waals surface area contributed by atoms with Gasteiger partial charge in [-0.3, -0.25) is 4.98 Å². The molecule has 1 atom stereocenters. The predicted octanol–water partition coefficient (Wildman–Crippen LogP) is 1.52. The van der Waals surface area contributed by atoms with E-state index in [-0.39, 0.29) is 24.8 Å². The van der Waals surface area contributed by atoms with Crippen molar-refractivity contribution in [3.8, 4) is 5.75 Å². The van der Waals surface area contributed by atoms with Gasteiger partial charge >= 0.3 is 6.09 Å². The van der Waals surface area contributed by atoms with Crippen molar-refractivity contribution in [1.82, 2.24) is 15.6 Å². The van der Waals surface area contributed by atoms with Gasteiger partial charge in [0.25, 0.3) is 0 Å². The molecule has 0 saturated carbocycles. The van der Waals surface area contributed by atoms with E-state index in [2.05, 4.69) is 20.4 Å². The topological polar surface area (TPSA) is 72.5 Å². The molecule has 114 valence electrons. The molecular formula is C12H19Cl2N3O3. The number of rotatable bonds is 5. The molecule has 0 bridgehead atoms. The number of amides is 1. The van der Waals surface area contributed by atoms with Gasteiger partial charge in [0.15, 0.2) is 0 Å². The second kappa shape index (κ2) is 9.63. The SMILES string of the molecule is COC(=O)NCc1cncc(OC[C@@H]2CCN2)c1.Cl.Cl. The molecule has 1 aromatic rings. The van der Waals surface area contributed by atoms with Gasteiger partial charge in [0.1, 0.15) is 12.4 Å². The summed E-state index contributed by atoms with van der Waals surface area (Å²) in [4.78, 5) is 15.0. The first kappa shape index (κ1) is 18.8. The Kier molecular flexibility index (Phi) is 9.03. The molecule has 0 spiro atoms. The molecule has 1 aliphatic rings. The van der Waals surface area contributed by atoms with Crippen molar-refractivity contribution < 1.29 is 14.3 Å². The first-order valence-corrected chi connectivity index (χ1v) is 5.90. The molecule has 0 unspecified atom stereocenters. The fourth-order valence-corrected chi connectivity index (χ4v) is 1.57. The molecule has 1 aromatic heterocycles. The lowest BCUT2D eigenvalue weighted by Crippen LogP contribution is -2.46. The number of aromatic nitrogens is 1. The first-order chi connectivity index (χ1) is 8.78. The number of alkyl carbamates (subject to hydrolysis) is 1. The van der Waals surface area contributed by atoms with Crippen molar-refractivity contribution in [2.45, 2.75) is 19.0 Å². The van der Waals surface area contributed by atoms with Crippen LogP contribution in [-0.4, -0.2) is 37.4 Å². The van der Waals surface area contributed by atoms with Gasteiger partial charge in [0, 0.05) is 18.8 Å². The predicted molar refractivity (Wildman–Crippen MR) is 79.9 cm³/mol. The van der Waals surface area contributed by atoms with Crippen molar-refractivity contribution >= 4 is 30.9 Å². The molecule has 2 heterocycles. The third-order valence-corrected chi connectivity index (χ3v) is 2.77. The number of nitrogens with one attached hydrogen (secondary N) is 2. The van der Waals surface area contributed by atoms with Crippen LogP contribution in [-0.2, 0) is 11.3 Å². The quantitative estimate of drug-likeness (QED) is 0.859. The van der Waals surface area contributed by atoms with E-state index in [9.17, 15) is 4.79 Å². The molecule has 1 saturated heterocycles. The molecule has 2 rings (SSSR count). The van der Waals surface area contributed by atoms with Crippen LogP contribution in [0.15, 0.2) is 18.5 Å². The molecule has 1 aliphatic heterocycles. The van der Waals surface area contributed by atoms with E-state index in [1.807, 2.05) is 6.07 Å². The zero-order valence-corrected chi connectivity index (χ0v) is 12.8. The number of carbonyl (C=O) groups excluding carboxylic acids is 1. The fourth-order valence-electron chi connectivity index (χ4n) is 1.57. The Balaban J connectivity index is 0.00000180. The van der Waals surface area contributed by atoms with E-state index >= 15 is 0 Å². The highest BCUT2D eigenvalue weighted by Crippen LogP contribution is 2.13. The van der Waals surface area contributed by atoms with Crippen LogP contribution < -0.4 is 15.4 Å². The van der Waals surface area contributed by atoms with Crippen molar-refractivity contribution in [1.29, 1.82) is 0 Å². The maximum absolute atomic E-state index is 10.9. The summed E-state index contributed by atoms with van der Waals surface area (Å²) >= 11 is 0. The Morgan fingerprint density at radius 1 is 1.50 bits per heavy atom. The summed E-state index contributed by atoms with van der Waals surface area (Å²) in [6.45, 7) is 2.09. The van der Waals surface area contributed by atoms with Gasteiger partial charge in [0.05, 0.1) is 13.3 Å². The van der Waals surface area contributed by atoms with Crippen molar-refractivity contribution in [3.05, 3.63) is 24.0 Å². The lowest BCUT2D eigenvalue weighted by Gasteiger charge is -2.27. The number of hydrogen-bond donors (Lipinski definition) is 2. The summed E-state index contributed by atoms with van der Waals surface area (Å²) in [6.07, 6.45) is 4.04. The Morgan fingerprint density at radius 3 is 2.85 bits per heavy atom. The molecule has 1 fully saturated rings. The number of halogens is 2. The lowest BCUT2D eigenvalue weighted by molar-refractivity contribution is 0.170. The highest BCUT2D eigenvalue weighted by Gasteiger charge is 2.16. The van der Waals surface area contributed by atoms with E-state index in [0.29, 0.717) is 24.9 Å². The maximum Gasteiger partial charge on any atom is 0.407 e. The number of pyridine rings is 1. The van der Waals surface area contributed by atoms with E-state index in [1.54, 1.807) is 12.4 Å². The third kappa shape index (κ3) is 5.81. The van der Waals surface area contributed by atoms with Gasteiger partial charge in [-0.1, -0.05) is 0 Å². The number of nitrogens with zero attached hydrogens (tertiary/aromatic N) is 1. The van der Waals surface area contributed by atoms with Crippen LogP contribution in [0.3, 0.4) is 0 Å². The van der Waals surface area contributed by atoms with Crippen LogP contribution >= 0.6 is 24.8 Å². The van der Waals surface area contributed by atoms with Crippen LogP contribution in [0.5, 0.6) is 5.75 Å². The summed E-state index contributed by atoms with van der Waals surface area (Å²) in [5.41, 5.74) is 0.875. The van der Waals surface area contributed by atoms with Gasteiger partial charge in [-0.2, -0.15) is 0 Å². The molecule has 0 aliphatic carbocycles. The van der Waals surface area contributed by atoms with E-state index in [4.69, 9.17) is 4.74 Å². The van der Waals surface area contributed by atoms with E-state index in [0.717, 1.165) is 18.5 Å². The van der Waals surface area contributed by atoms with Crippen LogP contribution in [0.4, 0.5) is 4.79 Å². The molecule has 0 aromatic carbocycles. The molecule has 1 amide bonds. The van der Waals surface area contributed by atoms with Crippen molar-refractivity contribution in [3.63, 3.8) is 0 Å². The smallest absolute Gasteiger partial charge is 0.407 e. The minimum Gasteiger partial charge on any atom is -0.490 e. The van der Waals surface area contributed by atoms with Gasteiger partial charge in [-0.25, -0.2) is 4.79 Å². The van der Waals surface area contributed by atoms with Crippen LogP contribution in [0.1, 0.15) is 12.0 Å². The summed E-state index contributed by atoms with van der Waals surface area (Å²) in [5.74, 6) is 0.716. The number of ether oxygens (including phenoxy) is 2. The highest BCUT2D eigenvalue weighted by atomic mass is 35.5. The zero-order chi connectivity index (χ0) is 12.8. The minimum absolute atomic E-state index is 0. The summed E-state index contributed by atoms with van der Waals surface area (Å²) in [6, 6.07) is 2.31. The maximum atomic E-state index is 10.9. The fraction of sp³-hybridized carbons (Fsp3) is 0.500. The van der Waals surface area contributed by atoms with Gasteiger partial charge in [0.2, 0.25) is 0 Å². The average molecular weight is 324 g/mol. The van der Waals surface area contributed by atoms with Gasteiger partial charge in [-0.05, 0) is 24.6 Å². The Labute approximate surface area is 130 Å². The normalized spacial score (nSPS) is 15.9. The van der Waals surface area contributed by atoms with Gasteiger partial charge in [-0.15, -0.1) is 24.8 Å². The van der Waals surface area contributed by atoms with E-state index < -0.39 is 6.09 Å². The Morgan fingerprint density at radius 2 is 2.25 bits per heavy atom. The first-order valence-electron chi connectivity index (χ1n) is 5.90. The summed E-state index contributed by atoms with van der Waals surface area (Å²) in [5, 5.41) is 5.85. The molecule has 0 radical (unpaired) electrons. The average Bonchev–Trinajstić information content (AvgIpc) is 2.34. The standard InChI is InChI=1S/C12H17N3O3.2ClH/c1-17-12(16)15-6-9-4-11(7-13-5-9)18-8-10-2-3-14-10;;/h4-5,7,10,14H,2-3,6,8H2,1H3,(H,15,16);2*1H/t10-;;/m0../s1. The van der Waals surface area contributed by atoms with Crippen molar-refractivity contribution in [2.24, 2.45) is 0 Å². The number of hydrogen-bond acceptors (Lipinski definition) is 5. The van der Waals surface area contributed by atoms with Crippen LogP contribution in [0.25, 0.3) is 0 Å². The van der Waals surface area contributed by atoms with Crippen LogP contribution in [0, 0.1) is 0 Å². The molecule has 2 N–H and O–H groups in total. The van der Waals surface area contributed by atoms with Crippen molar-refractivity contribution in [2.75, 3.05) is 20.3 Å². The number of carbonyl (C=O) groups is 1. The monoisotopic (exact) mass is 323 g/mol. The minimum atomic E-state index is -0.458. The van der Waals surface area contributed by atoms with Crippen LogP contribution in [0.2, 0.25) is 0 Å². The lowest BCUT2D eigenvalue weighted by atomic mass is 10.1. The molecule has 8 heteroatoms. The Bertz CT molecular complexity index is 417. The second-order valence-electron chi connectivity index (χ2n) is 4.12.